The highest BCUT2D eigenvalue weighted by Gasteiger charge is 2.25. The highest BCUT2D eigenvalue weighted by atomic mass is 16.3. The fourth-order valence-corrected chi connectivity index (χ4v) is 1.77. The number of rotatable bonds is 8. The molecule has 4 atom stereocenters. The molecule has 0 aromatic rings. The van der Waals surface area contributed by atoms with Crippen molar-refractivity contribution in [3.8, 4) is 0 Å². The van der Waals surface area contributed by atoms with Gasteiger partial charge in [0.15, 0.2) is 0 Å². The van der Waals surface area contributed by atoms with Gasteiger partial charge < -0.3 is 20.8 Å². The molecule has 0 spiro atoms. The molecule has 2 unspecified atom stereocenters. The van der Waals surface area contributed by atoms with E-state index in [4.69, 9.17) is 0 Å². The topological polar surface area (TPSA) is 98.7 Å². The molecule has 0 rings (SSSR count). The molecule has 0 radical (unpaired) electrons. The van der Waals surface area contributed by atoms with Gasteiger partial charge in [-0.2, -0.15) is 0 Å². The zero-order chi connectivity index (χ0) is 15.7. The van der Waals surface area contributed by atoms with E-state index >= 15 is 0 Å². The summed E-state index contributed by atoms with van der Waals surface area (Å²) in [6, 6.07) is -0.871. The fraction of sp³-hybridized carbons (Fsp3) is 0.857. The van der Waals surface area contributed by atoms with Crippen molar-refractivity contribution in [3.63, 3.8) is 0 Å². The monoisotopic (exact) mass is 288 g/mol. The van der Waals surface area contributed by atoms with Crippen LogP contribution in [-0.4, -0.2) is 47.3 Å². The molecule has 118 valence electrons. The Balaban J connectivity index is 4.50. The van der Waals surface area contributed by atoms with Gasteiger partial charge in [0.05, 0.1) is 25.3 Å². The Kier molecular flexibility index (Phi) is 9.16. The number of carbonyl (C=O) groups excluding carboxylic acids is 2. The summed E-state index contributed by atoms with van der Waals surface area (Å²) in [6.45, 7) is 7.28. The first-order valence-electron chi connectivity index (χ1n) is 7.24. The summed E-state index contributed by atoms with van der Waals surface area (Å²) in [4.78, 5) is 23.6. The summed E-state index contributed by atoms with van der Waals surface area (Å²) >= 11 is 0. The lowest BCUT2D eigenvalue weighted by Crippen LogP contribution is -2.52. The van der Waals surface area contributed by atoms with E-state index in [1.807, 2.05) is 27.7 Å². The van der Waals surface area contributed by atoms with Gasteiger partial charge in [0.2, 0.25) is 0 Å². The van der Waals surface area contributed by atoms with Crippen LogP contribution in [0.5, 0.6) is 0 Å². The van der Waals surface area contributed by atoms with Crippen molar-refractivity contribution in [1.29, 1.82) is 0 Å². The summed E-state index contributed by atoms with van der Waals surface area (Å²) in [5.74, 6) is -1.38. The predicted molar refractivity (Wildman–Crippen MR) is 76.9 cm³/mol. The van der Waals surface area contributed by atoms with Crippen molar-refractivity contribution in [2.75, 3.05) is 13.2 Å². The molecule has 0 saturated carbocycles. The van der Waals surface area contributed by atoms with Crippen molar-refractivity contribution in [3.05, 3.63) is 0 Å². The van der Waals surface area contributed by atoms with E-state index in [9.17, 15) is 19.8 Å². The minimum absolute atomic E-state index is 0.0833. The maximum absolute atomic E-state index is 11.8. The Morgan fingerprint density at radius 2 is 1.15 bits per heavy atom. The van der Waals surface area contributed by atoms with Crippen LogP contribution < -0.4 is 10.6 Å². The van der Waals surface area contributed by atoms with Gasteiger partial charge in [0, 0.05) is 0 Å². The average molecular weight is 288 g/mol. The van der Waals surface area contributed by atoms with E-state index in [1.165, 1.54) is 0 Å². The van der Waals surface area contributed by atoms with E-state index in [2.05, 4.69) is 10.6 Å². The van der Waals surface area contributed by atoms with Crippen LogP contribution in [0.2, 0.25) is 0 Å². The van der Waals surface area contributed by atoms with Gasteiger partial charge in [-0.1, -0.05) is 40.5 Å². The standard InChI is InChI=1S/C14H28N2O4/c1-5-9(3)11(7-17)15-13(19)14(20)16-12(8-18)10(4)6-2/h9-12,17-18H,5-8H2,1-4H3,(H,15,19)(H,16,20)/t9?,10?,11-,12+. The summed E-state index contributed by atoms with van der Waals surface area (Å²) in [5, 5.41) is 23.5. The highest BCUT2D eigenvalue weighted by molar-refractivity contribution is 6.35. The van der Waals surface area contributed by atoms with Crippen LogP contribution >= 0.6 is 0 Å². The predicted octanol–water partition coefficient (Wildman–Crippen LogP) is 0.0328. The normalized spacial score (nSPS) is 16.9. The molecular weight excluding hydrogens is 260 g/mol. The Bertz CT molecular complexity index is 280. The number of nitrogens with one attached hydrogen (secondary N) is 2. The zero-order valence-electron chi connectivity index (χ0n) is 12.8. The lowest BCUT2D eigenvalue weighted by molar-refractivity contribution is -0.140. The van der Waals surface area contributed by atoms with Crippen molar-refractivity contribution in [1.82, 2.24) is 10.6 Å². The van der Waals surface area contributed by atoms with E-state index in [1.54, 1.807) is 0 Å². The second-order valence-electron chi connectivity index (χ2n) is 5.30. The van der Waals surface area contributed by atoms with Crippen LogP contribution in [0.25, 0.3) is 0 Å². The number of aliphatic hydroxyl groups excluding tert-OH is 2. The van der Waals surface area contributed by atoms with Gasteiger partial charge in [-0.05, 0) is 11.8 Å². The number of aliphatic hydroxyl groups is 2. The third kappa shape index (κ3) is 5.88. The van der Waals surface area contributed by atoms with Crippen LogP contribution in [-0.2, 0) is 9.59 Å². The molecule has 0 fully saturated rings. The molecular formula is C14H28N2O4. The van der Waals surface area contributed by atoms with Crippen LogP contribution in [0.15, 0.2) is 0 Å². The Morgan fingerprint density at radius 3 is 1.35 bits per heavy atom. The molecule has 0 saturated heterocycles. The second-order valence-corrected chi connectivity index (χ2v) is 5.30. The van der Waals surface area contributed by atoms with E-state index in [-0.39, 0.29) is 25.0 Å². The Morgan fingerprint density at radius 1 is 0.850 bits per heavy atom. The average Bonchev–Trinajstić information content (AvgIpc) is 2.47. The smallest absolute Gasteiger partial charge is 0.309 e. The van der Waals surface area contributed by atoms with Crippen molar-refractivity contribution in [2.24, 2.45) is 11.8 Å². The molecule has 6 heteroatoms. The third-order valence-corrected chi connectivity index (χ3v) is 3.89. The van der Waals surface area contributed by atoms with Crippen LogP contribution in [0.1, 0.15) is 40.5 Å². The van der Waals surface area contributed by atoms with E-state index in [0.29, 0.717) is 0 Å². The Hall–Kier alpha value is -1.14. The molecule has 2 amide bonds. The van der Waals surface area contributed by atoms with Crippen LogP contribution in [0.3, 0.4) is 0 Å². The molecule has 0 aliphatic rings. The Labute approximate surface area is 120 Å². The lowest BCUT2D eigenvalue weighted by atomic mass is 9.99. The van der Waals surface area contributed by atoms with Gasteiger partial charge in [-0.25, -0.2) is 0 Å². The van der Waals surface area contributed by atoms with Crippen LogP contribution in [0, 0.1) is 11.8 Å². The largest absolute Gasteiger partial charge is 0.394 e. The summed E-state index contributed by atoms with van der Waals surface area (Å²) in [5.41, 5.74) is 0. The fourth-order valence-electron chi connectivity index (χ4n) is 1.77. The van der Waals surface area contributed by atoms with Crippen LogP contribution in [0.4, 0.5) is 0 Å². The second kappa shape index (κ2) is 9.72. The molecule has 4 N–H and O–H groups in total. The van der Waals surface area contributed by atoms with Crippen molar-refractivity contribution < 1.29 is 19.8 Å². The maximum Gasteiger partial charge on any atom is 0.309 e. The molecule has 0 aromatic heterocycles. The van der Waals surface area contributed by atoms with Gasteiger partial charge in [-0.3, -0.25) is 9.59 Å². The molecule has 6 nitrogen and oxygen atoms in total. The SMILES string of the molecule is CCC(C)[C@H](CO)NC(=O)C(=O)N[C@H](CO)C(C)CC. The first kappa shape index (κ1) is 18.9. The van der Waals surface area contributed by atoms with E-state index in [0.717, 1.165) is 12.8 Å². The van der Waals surface area contributed by atoms with Crippen molar-refractivity contribution >= 4 is 11.8 Å². The third-order valence-electron chi connectivity index (χ3n) is 3.89. The summed E-state index contributed by atoms with van der Waals surface area (Å²) in [7, 11) is 0. The first-order chi connectivity index (χ1) is 9.40. The quantitative estimate of drug-likeness (QED) is 0.474. The molecule has 0 aromatic carbocycles. The maximum atomic E-state index is 11.8. The molecule has 0 heterocycles. The highest BCUT2D eigenvalue weighted by Crippen LogP contribution is 2.08. The minimum Gasteiger partial charge on any atom is -0.394 e. The number of hydrogen-bond donors (Lipinski definition) is 4. The van der Waals surface area contributed by atoms with E-state index < -0.39 is 23.9 Å². The van der Waals surface area contributed by atoms with Gasteiger partial charge >= 0.3 is 11.8 Å². The first-order valence-corrected chi connectivity index (χ1v) is 7.24. The summed E-state index contributed by atoms with van der Waals surface area (Å²) in [6.07, 6.45) is 1.58. The minimum atomic E-state index is -0.772. The van der Waals surface area contributed by atoms with Gasteiger partial charge in [-0.15, -0.1) is 0 Å². The van der Waals surface area contributed by atoms with Gasteiger partial charge in [0.25, 0.3) is 0 Å². The number of hydrogen-bond acceptors (Lipinski definition) is 4. The molecule has 0 aliphatic heterocycles. The zero-order valence-corrected chi connectivity index (χ0v) is 12.8. The number of amides is 2. The molecule has 0 bridgehead atoms. The summed E-state index contributed by atoms with van der Waals surface area (Å²) < 4.78 is 0. The molecule has 0 aliphatic carbocycles. The number of carbonyl (C=O) groups is 2. The van der Waals surface area contributed by atoms with Crippen molar-refractivity contribution in [2.45, 2.75) is 52.6 Å². The molecule has 20 heavy (non-hydrogen) atoms. The van der Waals surface area contributed by atoms with Gasteiger partial charge in [0.1, 0.15) is 0 Å². The lowest BCUT2D eigenvalue weighted by Gasteiger charge is -2.24.